The smallest absolute Gasteiger partial charge is 0.243 e. The van der Waals surface area contributed by atoms with Crippen molar-refractivity contribution < 1.29 is 26.0 Å². The summed E-state index contributed by atoms with van der Waals surface area (Å²) in [6.07, 6.45) is 0. The highest BCUT2D eigenvalue weighted by atomic mass is 32.2. The predicted molar refractivity (Wildman–Crippen MR) is 84.3 cm³/mol. The highest BCUT2D eigenvalue weighted by Gasteiger charge is 2.24. The number of benzene rings is 2. The number of hydrogen-bond donors (Lipinski definition) is 1. The van der Waals surface area contributed by atoms with Crippen LogP contribution in [0, 0.1) is 23.3 Å². The van der Waals surface area contributed by atoms with Crippen molar-refractivity contribution in [2.75, 3.05) is 20.6 Å². The number of halogens is 4. The zero-order valence-corrected chi connectivity index (χ0v) is 14.2. The normalized spacial score (nSPS) is 13.2. The molecule has 0 heterocycles. The molecule has 2 rings (SSSR count). The van der Waals surface area contributed by atoms with Crippen molar-refractivity contribution in [3.8, 4) is 0 Å². The molecule has 0 aromatic heterocycles. The van der Waals surface area contributed by atoms with E-state index in [1.807, 2.05) is 0 Å². The lowest BCUT2D eigenvalue weighted by molar-refractivity contribution is 0.298. The third-order valence-corrected chi connectivity index (χ3v) is 5.03. The van der Waals surface area contributed by atoms with Crippen LogP contribution in [0.4, 0.5) is 17.6 Å². The fraction of sp³-hybridized carbons (Fsp3) is 0.250. The molecule has 1 atom stereocenters. The number of hydrogen-bond acceptors (Lipinski definition) is 3. The molecule has 0 saturated heterocycles. The molecule has 0 radical (unpaired) electrons. The monoisotopic (exact) mass is 376 g/mol. The molecular formula is C16H16F4N2O2S. The van der Waals surface area contributed by atoms with Crippen LogP contribution >= 0.6 is 0 Å². The lowest BCUT2D eigenvalue weighted by atomic mass is 10.1. The van der Waals surface area contributed by atoms with E-state index in [0.717, 1.165) is 0 Å². The second-order valence-electron chi connectivity index (χ2n) is 5.58. The summed E-state index contributed by atoms with van der Waals surface area (Å²) in [6.45, 7) is -0.225. The first-order chi connectivity index (χ1) is 11.6. The van der Waals surface area contributed by atoms with Gasteiger partial charge in [-0.3, -0.25) is 0 Å². The molecule has 0 aliphatic heterocycles. The fourth-order valence-corrected chi connectivity index (χ4v) is 3.40. The van der Waals surface area contributed by atoms with E-state index < -0.39 is 44.2 Å². The molecule has 136 valence electrons. The lowest BCUT2D eigenvalue weighted by Crippen LogP contribution is -2.35. The minimum Gasteiger partial charge on any atom is -0.301 e. The highest BCUT2D eigenvalue weighted by Crippen LogP contribution is 2.21. The molecule has 4 nitrogen and oxygen atoms in total. The summed E-state index contributed by atoms with van der Waals surface area (Å²) in [4.78, 5) is 0.641. The zero-order chi connectivity index (χ0) is 18.8. The van der Waals surface area contributed by atoms with Crippen LogP contribution in [-0.2, 0) is 10.0 Å². The summed E-state index contributed by atoms with van der Waals surface area (Å²) < 4.78 is 79.8. The number of nitrogens with zero attached hydrogens (tertiary/aromatic N) is 1. The van der Waals surface area contributed by atoms with Gasteiger partial charge in [0.1, 0.15) is 16.5 Å². The summed E-state index contributed by atoms with van der Waals surface area (Å²) >= 11 is 0. The Morgan fingerprint density at radius 1 is 1.00 bits per heavy atom. The first-order valence-corrected chi connectivity index (χ1v) is 8.66. The van der Waals surface area contributed by atoms with Gasteiger partial charge in [0, 0.05) is 18.7 Å². The predicted octanol–water partition coefficient (Wildman–Crippen LogP) is 2.82. The Bertz CT molecular complexity index is 872. The van der Waals surface area contributed by atoms with Gasteiger partial charge < -0.3 is 4.90 Å². The second kappa shape index (κ2) is 7.51. The van der Waals surface area contributed by atoms with Gasteiger partial charge in [-0.05, 0) is 37.9 Å². The van der Waals surface area contributed by atoms with E-state index in [-0.39, 0.29) is 18.7 Å². The molecule has 2 aromatic rings. The molecule has 1 N–H and O–H groups in total. The molecule has 0 bridgehead atoms. The second-order valence-corrected chi connectivity index (χ2v) is 7.32. The lowest BCUT2D eigenvalue weighted by Gasteiger charge is -2.25. The zero-order valence-electron chi connectivity index (χ0n) is 13.4. The van der Waals surface area contributed by atoms with E-state index in [4.69, 9.17) is 0 Å². The van der Waals surface area contributed by atoms with Crippen molar-refractivity contribution in [2.45, 2.75) is 10.9 Å². The molecule has 0 aliphatic rings. The summed E-state index contributed by atoms with van der Waals surface area (Å²) in [5.74, 6) is -4.85. The van der Waals surface area contributed by atoms with Crippen molar-refractivity contribution in [1.82, 2.24) is 9.62 Å². The molecule has 1 unspecified atom stereocenters. The molecular weight excluding hydrogens is 360 g/mol. The van der Waals surface area contributed by atoms with Crippen LogP contribution in [0.25, 0.3) is 0 Å². The Balaban J connectivity index is 2.27. The van der Waals surface area contributed by atoms with Crippen LogP contribution in [0.2, 0.25) is 0 Å². The van der Waals surface area contributed by atoms with Gasteiger partial charge in [-0.15, -0.1) is 0 Å². The minimum atomic E-state index is -4.43. The summed E-state index contributed by atoms with van der Waals surface area (Å²) in [5.41, 5.74) is 0.499. The largest absolute Gasteiger partial charge is 0.301 e. The first-order valence-electron chi connectivity index (χ1n) is 7.18. The molecule has 0 saturated carbocycles. The summed E-state index contributed by atoms with van der Waals surface area (Å²) in [7, 11) is -1.12. The molecule has 9 heteroatoms. The molecule has 0 amide bonds. The van der Waals surface area contributed by atoms with Crippen molar-refractivity contribution in [3.63, 3.8) is 0 Å². The van der Waals surface area contributed by atoms with Gasteiger partial charge in [0.25, 0.3) is 0 Å². The van der Waals surface area contributed by atoms with Crippen LogP contribution in [0.1, 0.15) is 11.6 Å². The van der Waals surface area contributed by atoms with Gasteiger partial charge in [-0.2, -0.15) is 0 Å². The maximum Gasteiger partial charge on any atom is 0.243 e. The van der Waals surface area contributed by atoms with Gasteiger partial charge in [0.15, 0.2) is 11.6 Å². The number of likely N-dealkylation sites (N-methyl/N-ethyl adjacent to an activating group) is 1. The van der Waals surface area contributed by atoms with Crippen molar-refractivity contribution >= 4 is 10.0 Å². The Morgan fingerprint density at radius 2 is 1.64 bits per heavy atom. The average molecular weight is 376 g/mol. The molecule has 0 aliphatic carbocycles. The van der Waals surface area contributed by atoms with Crippen LogP contribution in [0.5, 0.6) is 0 Å². The van der Waals surface area contributed by atoms with Gasteiger partial charge in [0.05, 0.1) is 0 Å². The van der Waals surface area contributed by atoms with Gasteiger partial charge in [0.2, 0.25) is 10.0 Å². The van der Waals surface area contributed by atoms with Gasteiger partial charge >= 0.3 is 0 Å². The Hall–Kier alpha value is -1.97. The van der Waals surface area contributed by atoms with Crippen molar-refractivity contribution in [3.05, 3.63) is 65.2 Å². The SMILES string of the molecule is CN(C)C(CNS(=O)(=O)c1cc(F)c(F)cc1F)c1cccc(F)c1. The first kappa shape index (κ1) is 19.4. The van der Waals surface area contributed by atoms with E-state index >= 15 is 0 Å². The maximum atomic E-state index is 13.7. The average Bonchev–Trinajstić information content (AvgIpc) is 2.50. The topological polar surface area (TPSA) is 49.4 Å². The number of nitrogens with one attached hydrogen (secondary N) is 1. The molecule has 0 fully saturated rings. The Labute approximate surface area is 143 Å². The number of sulfonamides is 1. The van der Waals surface area contributed by atoms with Crippen LogP contribution in [0.3, 0.4) is 0 Å². The highest BCUT2D eigenvalue weighted by molar-refractivity contribution is 7.89. The third kappa shape index (κ3) is 4.56. The van der Waals surface area contributed by atoms with Crippen molar-refractivity contribution in [1.29, 1.82) is 0 Å². The van der Waals surface area contributed by atoms with E-state index in [9.17, 15) is 26.0 Å². The summed E-state index contributed by atoms with van der Waals surface area (Å²) in [5, 5.41) is 0. The van der Waals surface area contributed by atoms with Crippen LogP contribution < -0.4 is 4.72 Å². The van der Waals surface area contributed by atoms with Crippen molar-refractivity contribution in [2.24, 2.45) is 0 Å². The van der Waals surface area contributed by atoms with E-state index in [1.165, 1.54) is 18.2 Å². The van der Waals surface area contributed by atoms with Crippen LogP contribution in [-0.4, -0.2) is 34.0 Å². The van der Waals surface area contributed by atoms with E-state index in [2.05, 4.69) is 4.72 Å². The molecule has 25 heavy (non-hydrogen) atoms. The Kier molecular flexibility index (Phi) is 5.81. The van der Waals surface area contributed by atoms with E-state index in [1.54, 1.807) is 25.1 Å². The minimum absolute atomic E-state index is 0.167. The number of rotatable bonds is 6. The standard InChI is InChI=1S/C16H16F4N2O2S/c1-22(2)15(10-4-3-5-11(17)6-10)9-21-25(23,24)16-8-13(19)12(18)7-14(16)20/h3-8,15,21H,9H2,1-2H3. The quantitative estimate of drug-likeness (QED) is 0.623. The van der Waals surface area contributed by atoms with E-state index in [0.29, 0.717) is 5.56 Å². The van der Waals surface area contributed by atoms with Gasteiger partial charge in [-0.1, -0.05) is 12.1 Å². The fourth-order valence-electron chi connectivity index (χ4n) is 2.29. The molecule has 2 aromatic carbocycles. The molecule has 0 spiro atoms. The van der Waals surface area contributed by atoms with Crippen LogP contribution in [0.15, 0.2) is 41.3 Å². The maximum absolute atomic E-state index is 13.7. The Morgan fingerprint density at radius 3 is 2.24 bits per heavy atom. The third-order valence-electron chi connectivity index (χ3n) is 3.59. The summed E-state index contributed by atoms with van der Waals surface area (Å²) in [6, 6.07) is 5.47. The van der Waals surface area contributed by atoms with Gasteiger partial charge in [-0.25, -0.2) is 30.7 Å².